The number of nitrogens with one attached hydrogen (secondary N) is 1. The average molecular weight is 471 g/mol. The van der Waals surface area contributed by atoms with Crippen LogP contribution in [0.4, 0.5) is 5.82 Å². The molecule has 5 rings (SSSR count). The first-order valence-corrected chi connectivity index (χ1v) is 11.6. The summed E-state index contributed by atoms with van der Waals surface area (Å²) in [5.41, 5.74) is 1.74. The van der Waals surface area contributed by atoms with Crippen LogP contribution in [0, 0.1) is 0 Å². The second kappa shape index (κ2) is 8.28. The molecule has 1 aliphatic rings. The lowest BCUT2D eigenvalue weighted by atomic mass is 10.1. The molecular weight excluding hydrogens is 450 g/mol. The number of pyridine rings is 1. The van der Waals surface area contributed by atoms with E-state index in [1.807, 2.05) is 0 Å². The van der Waals surface area contributed by atoms with Gasteiger partial charge in [-0.25, -0.2) is 13.4 Å². The smallest absolute Gasteiger partial charge is 0.266 e. The molecule has 0 atom stereocenters. The zero-order valence-corrected chi connectivity index (χ0v) is 18.8. The van der Waals surface area contributed by atoms with Crippen molar-refractivity contribution in [1.29, 1.82) is 0 Å². The fraction of sp³-hybridized carbons (Fsp3) is 0.286. The van der Waals surface area contributed by atoms with Gasteiger partial charge in [0.05, 0.1) is 33.1 Å². The molecule has 0 amide bonds. The van der Waals surface area contributed by atoms with Gasteiger partial charge in [0.25, 0.3) is 10.0 Å². The quantitative estimate of drug-likeness (QED) is 0.432. The monoisotopic (exact) mass is 471 g/mol. The highest BCUT2D eigenvalue weighted by molar-refractivity contribution is 7.92. The minimum absolute atomic E-state index is 0.0207. The summed E-state index contributed by atoms with van der Waals surface area (Å²) in [6.45, 7) is 0.968. The van der Waals surface area contributed by atoms with E-state index < -0.39 is 10.0 Å². The molecule has 0 bridgehead atoms. The molecule has 172 valence electrons. The summed E-state index contributed by atoms with van der Waals surface area (Å²) in [7, 11) is -1.23. The summed E-state index contributed by atoms with van der Waals surface area (Å²) in [6.07, 6.45) is 4.99. The van der Waals surface area contributed by atoms with Crippen LogP contribution < -0.4 is 18.9 Å². The SMILES string of the molecule is COc1cc2c(cc1S(=O)(=O)Nc1noc3cc(Cn4cccn4)nc(OC)c13)CCCO2. The third kappa shape index (κ3) is 3.93. The Morgan fingerprint density at radius 3 is 2.85 bits per heavy atom. The van der Waals surface area contributed by atoms with Gasteiger partial charge in [-0.3, -0.25) is 9.40 Å². The molecule has 1 N–H and O–H groups in total. The predicted octanol–water partition coefficient (Wildman–Crippen LogP) is 2.61. The standard InChI is InChI=1S/C21H21N5O6S/c1-29-16-11-15-13(5-3-8-31-15)9-18(16)33(27,28)25-20-19-17(32-24-20)10-14(23-21(19)30-2)12-26-7-4-6-22-26/h4,6-7,9-11H,3,5,8,12H2,1-2H3,(H,24,25). The van der Waals surface area contributed by atoms with E-state index >= 15 is 0 Å². The minimum atomic E-state index is -4.08. The molecule has 0 spiro atoms. The molecule has 0 saturated carbocycles. The number of methoxy groups -OCH3 is 2. The average Bonchev–Trinajstić information content (AvgIpc) is 3.47. The Kier molecular flexibility index (Phi) is 5.29. The molecule has 0 fully saturated rings. The second-order valence-electron chi connectivity index (χ2n) is 7.40. The summed E-state index contributed by atoms with van der Waals surface area (Å²) < 4.78 is 52.5. The molecule has 0 saturated heterocycles. The van der Waals surface area contributed by atoms with Crippen LogP contribution in [0.15, 0.2) is 46.1 Å². The third-order valence-electron chi connectivity index (χ3n) is 5.27. The maximum atomic E-state index is 13.3. The van der Waals surface area contributed by atoms with Crippen LogP contribution in [0.1, 0.15) is 17.7 Å². The van der Waals surface area contributed by atoms with Crippen LogP contribution in [0.3, 0.4) is 0 Å². The van der Waals surface area contributed by atoms with Crippen molar-refractivity contribution in [2.75, 3.05) is 25.5 Å². The van der Waals surface area contributed by atoms with Gasteiger partial charge < -0.3 is 18.7 Å². The van der Waals surface area contributed by atoms with Crippen LogP contribution in [0.5, 0.6) is 17.4 Å². The van der Waals surface area contributed by atoms with Gasteiger partial charge in [0, 0.05) is 24.5 Å². The molecule has 0 unspecified atom stereocenters. The Morgan fingerprint density at radius 2 is 2.09 bits per heavy atom. The number of rotatable bonds is 7. The molecule has 3 aromatic heterocycles. The van der Waals surface area contributed by atoms with Gasteiger partial charge in [-0.1, -0.05) is 5.16 Å². The van der Waals surface area contributed by atoms with Crippen molar-refractivity contribution in [3.8, 4) is 17.4 Å². The van der Waals surface area contributed by atoms with Crippen molar-refractivity contribution in [2.24, 2.45) is 0 Å². The van der Waals surface area contributed by atoms with Crippen LogP contribution in [0.2, 0.25) is 0 Å². The summed E-state index contributed by atoms with van der Waals surface area (Å²) in [4.78, 5) is 4.44. The number of anilines is 1. The van der Waals surface area contributed by atoms with Crippen LogP contribution in [0.25, 0.3) is 11.0 Å². The molecule has 1 aliphatic heterocycles. The number of benzene rings is 1. The molecule has 1 aromatic carbocycles. The molecule has 0 aliphatic carbocycles. The van der Waals surface area contributed by atoms with Crippen molar-refractivity contribution in [1.82, 2.24) is 19.9 Å². The number of fused-ring (bicyclic) bond motifs is 2. The van der Waals surface area contributed by atoms with E-state index in [1.54, 1.807) is 41.3 Å². The molecule has 0 radical (unpaired) electrons. The maximum Gasteiger partial charge on any atom is 0.266 e. The van der Waals surface area contributed by atoms with E-state index in [4.69, 9.17) is 18.7 Å². The summed E-state index contributed by atoms with van der Waals surface area (Å²) in [5, 5.41) is 8.39. The first-order chi connectivity index (χ1) is 16.0. The van der Waals surface area contributed by atoms with Crippen molar-refractivity contribution in [3.63, 3.8) is 0 Å². The highest BCUT2D eigenvalue weighted by Crippen LogP contribution is 2.37. The summed E-state index contributed by atoms with van der Waals surface area (Å²) >= 11 is 0. The van der Waals surface area contributed by atoms with Crippen LogP contribution >= 0.6 is 0 Å². The Bertz CT molecular complexity index is 1410. The lowest BCUT2D eigenvalue weighted by Gasteiger charge is -2.20. The minimum Gasteiger partial charge on any atom is -0.495 e. The predicted molar refractivity (Wildman–Crippen MR) is 117 cm³/mol. The van der Waals surface area contributed by atoms with Crippen molar-refractivity contribution >= 4 is 26.8 Å². The Hall–Kier alpha value is -3.80. The number of aryl methyl sites for hydroxylation is 1. The van der Waals surface area contributed by atoms with Crippen LogP contribution in [-0.4, -0.2) is 49.2 Å². The van der Waals surface area contributed by atoms with Gasteiger partial charge in [-0.05, 0) is 30.5 Å². The number of hydrogen-bond acceptors (Lipinski definition) is 9. The number of nitrogens with zero attached hydrogens (tertiary/aromatic N) is 4. The summed E-state index contributed by atoms with van der Waals surface area (Å²) in [5.74, 6) is 0.942. The summed E-state index contributed by atoms with van der Waals surface area (Å²) in [6, 6.07) is 6.63. The normalized spacial score (nSPS) is 13.4. The first-order valence-electron chi connectivity index (χ1n) is 10.2. The maximum absolute atomic E-state index is 13.3. The number of aromatic nitrogens is 4. The molecule has 4 heterocycles. The van der Waals surface area contributed by atoms with E-state index in [2.05, 4.69) is 20.0 Å². The Balaban J connectivity index is 1.52. The fourth-order valence-corrected chi connectivity index (χ4v) is 4.95. The zero-order chi connectivity index (χ0) is 23.0. The van der Waals surface area contributed by atoms with Crippen molar-refractivity contribution in [2.45, 2.75) is 24.3 Å². The topological polar surface area (TPSA) is 131 Å². The molecule has 11 nitrogen and oxygen atoms in total. The third-order valence-corrected chi connectivity index (χ3v) is 6.63. The van der Waals surface area contributed by atoms with Crippen molar-refractivity contribution < 1.29 is 27.2 Å². The van der Waals surface area contributed by atoms with Gasteiger partial charge in [-0.15, -0.1) is 0 Å². The fourth-order valence-electron chi connectivity index (χ4n) is 3.75. The zero-order valence-electron chi connectivity index (χ0n) is 17.9. The second-order valence-corrected chi connectivity index (χ2v) is 9.05. The molecule has 4 aromatic rings. The van der Waals surface area contributed by atoms with E-state index in [-0.39, 0.29) is 22.3 Å². The van der Waals surface area contributed by atoms with Gasteiger partial charge in [0.1, 0.15) is 21.8 Å². The van der Waals surface area contributed by atoms with Crippen LogP contribution in [-0.2, 0) is 23.0 Å². The molecule has 33 heavy (non-hydrogen) atoms. The van der Waals surface area contributed by atoms with Gasteiger partial charge in [0.15, 0.2) is 11.4 Å². The van der Waals surface area contributed by atoms with E-state index in [0.717, 1.165) is 12.0 Å². The largest absolute Gasteiger partial charge is 0.495 e. The highest BCUT2D eigenvalue weighted by Gasteiger charge is 2.27. The lowest BCUT2D eigenvalue weighted by Crippen LogP contribution is -2.16. The van der Waals surface area contributed by atoms with E-state index in [9.17, 15) is 8.42 Å². The van der Waals surface area contributed by atoms with Gasteiger partial charge >= 0.3 is 0 Å². The Morgan fingerprint density at radius 1 is 1.21 bits per heavy atom. The molecule has 12 heteroatoms. The first kappa shape index (κ1) is 21.1. The van der Waals surface area contributed by atoms with E-state index in [1.165, 1.54) is 14.2 Å². The number of sulfonamides is 1. The number of ether oxygens (including phenoxy) is 3. The van der Waals surface area contributed by atoms with E-state index in [0.29, 0.717) is 42.0 Å². The van der Waals surface area contributed by atoms with Gasteiger partial charge in [0.2, 0.25) is 5.88 Å². The Labute approximate surface area is 189 Å². The lowest BCUT2D eigenvalue weighted by molar-refractivity contribution is 0.285. The van der Waals surface area contributed by atoms with Gasteiger partial charge in [-0.2, -0.15) is 5.10 Å². The number of hydrogen-bond donors (Lipinski definition) is 1. The molecular formula is C21H21N5O6S. The van der Waals surface area contributed by atoms with Crippen molar-refractivity contribution in [3.05, 3.63) is 47.9 Å². The highest BCUT2D eigenvalue weighted by atomic mass is 32.2.